The van der Waals surface area contributed by atoms with Crippen LogP contribution in [0.15, 0.2) is 36.4 Å². The fraction of sp³-hybridized carbons (Fsp3) is 0.111. The quantitative estimate of drug-likeness (QED) is 0.806. The molecule has 1 heterocycles. The van der Waals surface area contributed by atoms with Crippen molar-refractivity contribution < 1.29 is 9.90 Å². The Morgan fingerprint density at radius 1 is 1.18 bits per heavy atom. The Bertz CT molecular complexity index is 891. The fourth-order valence-corrected chi connectivity index (χ4v) is 2.40. The number of carbonyl (C=O) groups excluding carboxylic acids is 1. The van der Waals surface area contributed by atoms with Crippen molar-refractivity contribution in [3.63, 3.8) is 0 Å². The van der Waals surface area contributed by atoms with Crippen LogP contribution >= 0.6 is 0 Å². The second-order valence-electron chi connectivity index (χ2n) is 5.30. The summed E-state index contributed by atoms with van der Waals surface area (Å²) in [6.07, 6.45) is 3.82. The lowest BCUT2D eigenvalue weighted by Crippen LogP contribution is -2.22. The number of hydrogen-bond donors (Lipinski definition) is 1. The van der Waals surface area contributed by atoms with E-state index in [0.717, 1.165) is 5.56 Å². The highest BCUT2D eigenvalue weighted by Crippen LogP contribution is 2.18. The molecule has 0 unspecified atom stereocenters. The number of carbonyl (C=O) groups is 1. The Hall–Kier alpha value is -2.88. The maximum atomic E-state index is 11.1. The lowest BCUT2D eigenvalue weighted by molar-refractivity contribution is -0.254. The number of para-hydroxylation sites is 1. The van der Waals surface area contributed by atoms with E-state index in [0.29, 0.717) is 16.9 Å². The molecule has 0 fully saturated rings. The van der Waals surface area contributed by atoms with Crippen LogP contribution < -0.4 is 5.11 Å². The Morgan fingerprint density at radius 2 is 2.00 bits per heavy atom. The van der Waals surface area contributed by atoms with Crippen molar-refractivity contribution in [3.05, 3.63) is 64.5 Å². The zero-order chi connectivity index (χ0) is 15.7. The summed E-state index contributed by atoms with van der Waals surface area (Å²) < 4.78 is 0. The molecule has 0 saturated carbocycles. The summed E-state index contributed by atoms with van der Waals surface area (Å²) in [6.45, 7) is 4.09. The molecule has 0 saturated heterocycles. The Morgan fingerprint density at radius 3 is 2.77 bits per heavy atom. The highest BCUT2D eigenvalue weighted by Gasteiger charge is 2.06. The Balaban J connectivity index is 2.01. The van der Waals surface area contributed by atoms with Crippen LogP contribution in [0.3, 0.4) is 0 Å². The number of aromatic carboxylic acids is 1. The zero-order valence-corrected chi connectivity index (χ0v) is 12.4. The molecule has 0 amide bonds. The lowest BCUT2D eigenvalue weighted by atomic mass is 10.1. The number of aromatic nitrogens is 2. The topological polar surface area (TPSA) is 68.8 Å². The van der Waals surface area contributed by atoms with Gasteiger partial charge in [0.25, 0.3) is 0 Å². The number of aromatic amines is 1. The van der Waals surface area contributed by atoms with Crippen LogP contribution in [0.5, 0.6) is 0 Å². The van der Waals surface area contributed by atoms with Crippen LogP contribution in [-0.4, -0.2) is 15.9 Å². The van der Waals surface area contributed by atoms with Gasteiger partial charge in [-0.2, -0.15) is 0 Å². The van der Waals surface area contributed by atoms with Gasteiger partial charge in [-0.1, -0.05) is 42.0 Å². The summed E-state index contributed by atoms with van der Waals surface area (Å²) in [4.78, 5) is 18.5. The molecule has 3 aromatic rings. The van der Waals surface area contributed by atoms with E-state index in [1.54, 1.807) is 12.1 Å². The first-order valence-corrected chi connectivity index (χ1v) is 7.00. The van der Waals surface area contributed by atoms with Gasteiger partial charge >= 0.3 is 0 Å². The predicted octanol–water partition coefficient (Wildman–Crippen LogP) is 2.71. The summed E-state index contributed by atoms with van der Waals surface area (Å²) in [5.41, 5.74) is 4.67. The molecule has 0 aliphatic carbocycles. The summed E-state index contributed by atoms with van der Waals surface area (Å²) >= 11 is 0. The van der Waals surface area contributed by atoms with E-state index in [4.69, 9.17) is 0 Å². The molecule has 0 radical (unpaired) electrons. The molecular formula is C18H15N2O2-. The fourth-order valence-electron chi connectivity index (χ4n) is 2.40. The highest BCUT2D eigenvalue weighted by atomic mass is 16.4. The first-order valence-electron chi connectivity index (χ1n) is 7.00. The van der Waals surface area contributed by atoms with Crippen molar-refractivity contribution in [2.75, 3.05) is 0 Å². The van der Waals surface area contributed by atoms with Gasteiger partial charge < -0.3 is 14.9 Å². The van der Waals surface area contributed by atoms with Crippen LogP contribution in [0.2, 0.25) is 0 Å². The minimum Gasteiger partial charge on any atom is -0.545 e. The number of nitrogens with zero attached hydrogens (tertiary/aromatic N) is 1. The van der Waals surface area contributed by atoms with Gasteiger partial charge in [0, 0.05) is 5.56 Å². The number of H-pyrrole nitrogens is 1. The summed E-state index contributed by atoms with van der Waals surface area (Å²) in [7, 11) is 0. The molecule has 4 nitrogen and oxygen atoms in total. The van der Waals surface area contributed by atoms with Crippen LogP contribution in [0.4, 0.5) is 0 Å². The molecule has 1 N–H and O–H groups in total. The maximum absolute atomic E-state index is 11.1. The first-order chi connectivity index (χ1) is 10.5. The number of carboxylic acid groups (broad SMARTS) is 1. The van der Waals surface area contributed by atoms with E-state index in [-0.39, 0.29) is 5.56 Å². The van der Waals surface area contributed by atoms with Gasteiger partial charge in [0.15, 0.2) is 0 Å². The summed E-state index contributed by atoms with van der Waals surface area (Å²) in [6, 6.07) is 11.2. The van der Waals surface area contributed by atoms with Gasteiger partial charge in [-0.25, -0.2) is 4.98 Å². The second kappa shape index (κ2) is 5.48. The van der Waals surface area contributed by atoms with E-state index in [1.807, 2.05) is 26.0 Å². The number of benzene rings is 2. The van der Waals surface area contributed by atoms with Gasteiger partial charge in [-0.05, 0) is 37.1 Å². The van der Waals surface area contributed by atoms with Gasteiger partial charge in [0.1, 0.15) is 5.82 Å². The molecule has 3 rings (SSSR count). The minimum atomic E-state index is -1.22. The largest absolute Gasteiger partial charge is 0.545 e. The van der Waals surface area contributed by atoms with Crippen molar-refractivity contribution in [3.8, 4) is 0 Å². The van der Waals surface area contributed by atoms with E-state index in [1.165, 1.54) is 17.2 Å². The van der Waals surface area contributed by atoms with Crippen molar-refractivity contribution in [2.45, 2.75) is 13.8 Å². The van der Waals surface area contributed by atoms with Gasteiger partial charge in [0.2, 0.25) is 0 Å². The number of rotatable bonds is 3. The maximum Gasteiger partial charge on any atom is 0.131 e. The average molecular weight is 291 g/mol. The van der Waals surface area contributed by atoms with E-state index in [2.05, 4.69) is 28.2 Å². The first kappa shape index (κ1) is 14.1. The Labute approximate surface area is 128 Å². The van der Waals surface area contributed by atoms with Crippen LogP contribution in [0.1, 0.15) is 32.9 Å². The van der Waals surface area contributed by atoms with Crippen molar-refractivity contribution in [1.82, 2.24) is 9.97 Å². The number of nitrogens with one attached hydrogen (secondary N) is 1. The highest BCUT2D eigenvalue weighted by molar-refractivity contribution is 6.00. The standard InChI is InChI=1S/C18H16N2O2/c1-11-6-7-12(2)13(10-11)8-9-16-19-15-5-3-4-14(18(21)22)17(15)20-16/h3-10H,1-2H3,(H,19,20)(H,21,22)/p-1/b9-8+. The van der Waals surface area contributed by atoms with Gasteiger partial charge in [-0.15, -0.1) is 0 Å². The second-order valence-corrected chi connectivity index (χ2v) is 5.30. The predicted molar refractivity (Wildman–Crippen MR) is 85.3 cm³/mol. The molecule has 0 aliphatic heterocycles. The smallest absolute Gasteiger partial charge is 0.131 e. The number of hydrogen-bond acceptors (Lipinski definition) is 3. The van der Waals surface area contributed by atoms with Crippen LogP contribution in [0.25, 0.3) is 23.2 Å². The van der Waals surface area contributed by atoms with Crippen molar-refractivity contribution >= 4 is 29.2 Å². The van der Waals surface area contributed by atoms with E-state index in [9.17, 15) is 9.90 Å². The normalized spacial score (nSPS) is 11.4. The minimum absolute atomic E-state index is 0.0973. The molecule has 1 aromatic heterocycles. The summed E-state index contributed by atoms with van der Waals surface area (Å²) in [5, 5.41) is 11.1. The zero-order valence-electron chi connectivity index (χ0n) is 12.4. The van der Waals surface area contributed by atoms with E-state index >= 15 is 0 Å². The van der Waals surface area contributed by atoms with Crippen LogP contribution in [-0.2, 0) is 0 Å². The molecule has 22 heavy (non-hydrogen) atoms. The van der Waals surface area contributed by atoms with Crippen molar-refractivity contribution in [2.24, 2.45) is 0 Å². The number of carboxylic acids is 1. The van der Waals surface area contributed by atoms with Crippen LogP contribution in [0, 0.1) is 13.8 Å². The molecule has 0 atom stereocenters. The Kier molecular flexibility index (Phi) is 3.51. The molecule has 0 bridgehead atoms. The third-order valence-electron chi connectivity index (χ3n) is 3.61. The van der Waals surface area contributed by atoms with Gasteiger partial charge in [0.05, 0.1) is 17.0 Å². The molecular weight excluding hydrogens is 276 g/mol. The number of aryl methyl sites for hydroxylation is 2. The SMILES string of the molecule is Cc1ccc(C)c(/C=C/c2nc3c(C(=O)[O-])cccc3[nH]2)c1. The number of imidazole rings is 1. The van der Waals surface area contributed by atoms with E-state index < -0.39 is 5.97 Å². The van der Waals surface area contributed by atoms with Gasteiger partial charge in [-0.3, -0.25) is 0 Å². The molecule has 4 heteroatoms. The number of fused-ring (bicyclic) bond motifs is 1. The summed E-state index contributed by atoms with van der Waals surface area (Å²) in [5.74, 6) is -0.605. The molecule has 2 aromatic carbocycles. The third kappa shape index (κ3) is 2.63. The molecule has 0 aliphatic rings. The average Bonchev–Trinajstić information content (AvgIpc) is 2.90. The molecule has 0 spiro atoms. The third-order valence-corrected chi connectivity index (χ3v) is 3.61. The lowest BCUT2D eigenvalue weighted by Gasteiger charge is -2.01. The van der Waals surface area contributed by atoms with Crippen molar-refractivity contribution in [1.29, 1.82) is 0 Å². The molecule has 110 valence electrons. The monoisotopic (exact) mass is 291 g/mol.